The maximum absolute atomic E-state index is 5.48. The second kappa shape index (κ2) is 6.46. The van der Waals surface area contributed by atoms with Crippen molar-refractivity contribution in [2.75, 3.05) is 13.7 Å². The zero-order valence-electron chi connectivity index (χ0n) is 14.3. The molecule has 5 rings (SSSR count). The molecule has 0 fully saturated rings. The fourth-order valence-electron chi connectivity index (χ4n) is 3.37. The average Bonchev–Trinajstić information content (AvgIpc) is 3.40. The molecule has 0 aliphatic carbocycles. The highest BCUT2D eigenvalue weighted by molar-refractivity contribution is 7.15. The summed E-state index contributed by atoms with van der Waals surface area (Å²) in [7, 11) is 1.68. The highest BCUT2D eigenvalue weighted by atomic mass is 32.1. The summed E-state index contributed by atoms with van der Waals surface area (Å²) in [6, 6.07) is 4.11. The van der Waals surface area contributed by atoms with E-state index in [4.69, 9.17) is 9.72 Å². The molecule has 26 heavy (non-hydrogen) atoms. The maximum Gasteiger partial charge on any atom is 0.237 e. The summed E-state index contributed by atoms with van der Waals surface area (Å²) in [4.78, 5) is 18.4. The molecular formula is C18H17N5OS2. The van der Waals surface area contributed by atoms with Gasteiger partial charge in [-0.1, -0.05) is 6.07 Å². The number of thiazole rings is 1. The Morgan fingerprint density at radius 2 is 2.19 bits per heavy atom. The predicted molar refractivity (Wildman–Crippen MR) is 103 cm³/mol. The molecule has 0 aromatic carbocycles. The Hall–Kier alpha value is -2.29. The Kier molecular flexibility index (Phi) is 3.96. The summed E-state index contributed by atoms with van der Waals surface area (Å²) < 4.78 is 7.60. The van der Waals surface area contributed by atoms with Gasteiger partial charge in [0.25, 0.3) is 0 Å². The predicted octanol–water partition coefficient (Wildman–Crippen LogP) is 3.48. The molecular weight excluding hydrogens is 366 g/mol. The number of fused-ring (bicyclic) bond motifs is 2. The van der Waals surface area contributed by atoms with Crippen LogP contribution in [0.15, 0.2) is 35.3 Å². The van der Waals surface area contributed by atoms with Crippen LogP contribution in [0, 0.1) is 0 Å². The highest BCUT2D eigenvalue weighted by Crippen LogP contribution is 2.28. The van der Waals surface area contributed by atoms with Gasteiger partial charge in [0.15, 0.2) is 10.8 Å². The third kappa shape index (κ3) is 2.70. The minimum Gasteiger partial charge on any atom is -0.480 e. The SMILES string of the molecule is COc1nc2sccn2c1CN1CCc2nc(-c3cccs3)ncc2C1. The van der Waals surface area contributed by atoms with Gasteiger partial charge < -0.3 is 4.74 Å². The van der Waals surface area contributed by atoms with Crippen LogP contribution >= 0.6 is 22.7 Å². The van der Waals surface area contributed by atoms with Crippen molar-refractivity contribution in [3.8, 4) is 16.6 Å². The van der Waals surface area contributed by atoms with Crippen LogP contribution in [0.2, 0.25) is 0 Å². The van der Waals surface area contributed by atoms with E-state index in [1.54, 1.807) is 29.8 Å². The van der Waals surface area contributed by atoms with Crippen LogP contribution in [-0.4, -0.2) is 37.9 Å². The van der Waals surface area contributed by atoms with Crippen LogP contribution in [0.3, 0.4) is 0 Å². The lowest BCUT2D eigenvalue weighted by Crippen LogP contribution is -2.31. The molecule has 8 heteroatoms. The van der Waals surface area contributed by atoms with Gasteiger partial charge in [-0.05, 0) is 11.4 Å². The van der Waals surface area contributed by atoms with Gasteiger partial charge in [-0.2, -0.15) is 4.98 Å². The van der Waals surface area contributed by atoms with Gasteiger partial charge >= 0.3 is 0 Å². The zero-order chi connectivity index (χ0) is 17.5. The van der Waals surface area contributed by atoms with Crippen LogP contribution in [0.1, 0.15) is 17.0 Å². The van der Waals surface area contributed by atoms with Crippen molar-refractivity contribution in [2.24, 2.45) is 0 Å². The molecule has 0 saturated carbocycles. The number of aromatic nitrogens is 4. The lowest BCUT2D eigenvalue weighted by molar-refractivity contribution is 0.235. The molecule has 0 bridgehead atoms. The second-order valence-electron chi connectivity index (χ2n) is 6.23. The molecule has 6 nitrogen and oxygen atoms in total. The van der Waals surface area contributed by atoms with Crippen molar-refractivity contribution in [3.63, 3.8) is 0 Å². The van der Waals surface area contributed by atoms with E-state index >= 15 is 0 Å². The number of methoxy groups -OCH3 is 1. The van der Waals surface area contributed by atoms with Crippen molar-refractivity contribution >= 4 is 27.6 Å². The Balaban J connectivity index is 1.39. The molecule has 132 valence electrons. The number of hydrogen-bond donors (Lipinski definition) is 0. The molecule has 0 spiro atoms. The summed E-state index contributed by atoms with van der Waals surface area (Å²) in [5, 5.41) is 4.11. The van der Waals surface area contributed by atoms with E-state index in [9.17, 15) is 0 Å². The largest absolute Gasteiger partial charge is 0.480 e. The van der Waals surface area contributed by atoms with Crippen LogP contribution in [0.4, 0.5) is 0 Å². The van der Waals surface area contributed by atoms with E-state index in [1.165, 1.54) is 11.3 Å². The Labute approximate surface area is 158 Å². The smallest absolute Gasteiger partial charge is 0.237 e. The van der Waals surface area contributed by atoms with Crippen molar-refractivity contribution in [1.82, 2.24) is 24.3 Å². The average molecular weight is 384 g/mol. The molecule has 0 N–H and O–H groups in total. The third-order valence-electron chi connectivity index (χ3n) is 4.65. The minimum atomic E-state index is 0.715. The highest BCUT2D eigenvalue weighted by Gasteiger charge is 2.22. The first-order valence-electron chi connectivity index (χ1n) is 8.41. The van der Waals surface area contributed by atoms with Gasteiger partial charge in [0, 0.05) is 49.4 Å². The molecule has 4 aromatic rings. The molecule has 1 aliphatic rings. The standard InChI is InChI=1S/C18H17N5OS2/c1-24-17-14(23-6-8-26-18(23)21-17)11-22-5-4-13-12(10-22)9-19-16(20-13)15-3-2-7-25-15/h2-3,6-9H,4-5,10-11H2,1H3. The molecule has 0 radical (unpaired) electrons. The van der Waals surface area contributed by atoms with Gasteiger partial charge in [-0.15, -0.1) is 22.7 Å². The summed E-state index contributed by atoms with van der Waals surface area (Å²) in [5.41, 5.74) is 3.48. The lowest BCUT2D eigenvalue weighted by atomic mass is 10.1. The van der Waals surface area contributed by atoms with Crippen molar-refractivity contribution in [1.29, 1.82) is 0 Å². The quantitative estimate of drug-likeness (QED) is 0.540. The summed E-state index contributed by atoms with van der Waals surface area (Å²) in [5.74, 6) is 1.55. The van der Waals surface area contributed by atoms with Gasteiger partial charge in [-0.3, -0.25) is 9.30 Å². The lowest BCUT2D eigenvalue weighted by Gasteiger charge is -2.27. The van der Waals surface area contributed by atoms with E-state index in [2.05, 4.69) is 42.3 Å². The van der Waals surface area contributed by atoms with Gasteiger partial charge in [0.2, 0.25) is 5.88 Å². The third-order valence-corrected chi connectivity index (χ3v) is 6.27. The van der Waals surface area contributed by atoms with Crippen molar-refractivity contribution in [3.05, 3.63) is 52.2 Å². The molecule has 0 unspecified atom stereocenters. The fourth-order valence-corrected chi connectivity index (χ4v) is 4.76. The first-order valence-corrected chi connectivity index (χ1v) is 10.2. The van der Waals surface area contributed by atoms with Crippen LogP contribution < -0.4 is 4.74 Å². The number of imidazole rings is 1. The Bertz CT molecular complexity index is 1050. The fraction of sp³-hybridized carbons (Fsp3) is 0.278. The summed E-state index contributed by atoms with van der Waals surface area (Å²) in [6.07, 6.45) is 4.97. The van der Waals surface area contributed by atoms with E-state index in [0.717, 1.165) is 47.4 Å². The Morgan fingerprint density at radius 1 is 1.23 bits per heavy atom. The molecule has 5 heterocycles. The second-order valence-corrected chi connectivity index (χ2v) is 8.05. The molecule has 0 atom stereocenters. The summed E-state index contributed by atoms with van der Waals surface area (Å²) in [6.45, 7) is 2.61. The van der Waals surface area contributed by atoms with Crippen LogP contribution in [0.25, 0.3) is 15.7 Å². The van der Waals surface area contributed by atoms with E-state index < -0.39 is 0 Å². The number of thiophene rings is 1. The van der Waals surface area contributed by atoms with Crippen molar-refractivity contribution in [2.45, 2.75) is 19.5 Å². The topological polar surface area (TPSA) is 55.6 Å². The van der Waals surface area contributed by atoms with Gasteiger partial charge in [0.05, 0.1) is 17.7 Å². The van der Waals surface area contributed by atoms with Gasteiger partial charge in [0.1, 0.15) is 5.69 Å². The Morgan fingerprint density at radius 3 is 3.04 bits per heavy atom. The number of hydrogen-bond acceptors (Lipinski definition) is 7. The van der Waals surface area contributed by atoms with Crippen LogP contribution in [0.5, 0.6) is 5.88 Å². The normalized spacial score (nSPS) is 14.7. The monoisotopic (exact) mass is 383 g/mol. The first-order chi connectivity index (χ1) is 12.8. The molecule has 4 aromatic heterocycles. The van der Waals surface area contributed by atoms with Gasteiger partial charge in [-0.25, -0.2) is 9.97 Å². The van der Waals surface area contributed by atoms with E-state index in [1.807, 2.05) is 12.3 Å². The van der Waals surface area contributed by atoms with Crippen molar-refractivity contribution < 1.29 is 4.74 Å². The first kappa shape index (κ1) is 15.9. The number of rotatable bonds is 4. The summed E-state index contributed by atoms with van der Waals surface area (Å²) >= 11 is 3.30. The zero-order valence-corrected chi connectivity index (χ0v) is 15.9. The molecule has 1 aliphatic heterocycles. The van der Waals surface area contributed by atoms with Crippen LogP contribution in [-0.2, 0) is 19.5 Å². The number of ether oxygens (including phenoxy) is 1. The molecule has 0 saturated heterocycles. The van der Waals surface area contributed by atoms with E-state index in [0.29, 0.717) is 5.88 Å². The number of nitrogens with zero attached hydrogens (tertiary/aromatic N) is 5. The van der Waals surface area contributed by atoms with E-state index in [-0.39, 0.29) is 0 Å². The minimum absolute atomic E-state index is 0.715. The molecule has 0 amide bonds. The maximum atomic E-state index is 5.48.